The number of Topliss-reactive ketones (excluding diaryl/α,β-unsaturated/α-hetero) is 1. The molecule has 3 heterocycles. The summed E-state index contributed by atoms with van der Waals surface area (Å²) in [7, 11) is 0. The molecule has 0 aliphatic carbocycles. The third-order valence-electron chi connectivity index (χ3n) is 6.41. The molecule has 168 valence electrons. The first-order chi connectivity index (χ1) is 15.6. The molecule has 1 aromatic heterocycles. The van der Waals surface area contributed by atoms with Crippen molar-refractivity contribution in [3.8, 4) is 0 Å². The molecule has 1 aromatic carbocycles. The first-order valence-electron chi connectivity index (χ1n) is 11.4. The second kappa shape index (κ2) is 10.4. The molecule has 0 bridgehead atoms. The largest absolute Gasteiger partial charge is 0.353 e. The SMILES string of the molecule is O=C(C(=O)N1CCC[C@@H](CCC(=O)N2CCN(c3ccccn3)CC2)C1)c1ccccc1. The van der Waals surface area contributed by atoms with E-state index in [1.54, 1.807) is 35.4 Å². The summed E-state index contributed by atoms with van der Waals surface area (Å²) in [6, 6.07) is 14.6. The molecule has 0 spiro atoms. The minimum absolute atomic E-state index is 0.175. The Balaban J connectivity index is 1.23. The van der Waals surface area contributed by atoms with Crippen molar-refractivity contribution in [2.24, 2.45) is 5.92 Å². The number of carbonyl (C=O) groups excluding carboxylic acids is 3. The van der Waals surface area contributed by atoms with Gasteiger partial charge in [-0.15, -0.1) is 0 Å². The average molecular weight is 435 g/mol. The average Bonchev–Trinajstić information content (AvgIpc) is 2.87. The molecule has 7 heteroatoms. The van der Waals surface area contributed by atoms with Crippen LogP contribution < -0.4 is 4.90 Å². The second-order valence-corrected chi connectivity index (χ2v) is 8.55. The summed E-state index contributed by atoms with van der Waals surface area (Å²) in [6.45, 7) is 4.15. The van der Waals surface area contributed by atoms with Crippen molar-refractivity contribution in [3.05, 3.63) is 60.3 Å². The van der Waals surface area contributed by atoms with Crippen molar-refractivity contribution in [2.75, 3.05) is 44.2 Å². The van der Waals surface area contributed by atoms with Gasteiger partial charge in [0.25, 0.3) is 5.91 Å². The van der Waals surface area contributed by atoms with Crippen LogP contribution in [0.3, 0.4) is 0 Å². The first-order valence-corrected chi connectivity index (χ1v) is 11.4. The van der Waals surface area contributed by atoms with Gasteiger partial charge in [-0.2, -0.15) is 0 Å². The number of hydrogen-bond donors (Lipinski definition) is 0. The number of benzene rings is 1. The van der Waals surface area contributed by atoms with E-state index in [4.69, 9.17) is 0 Å². The van der Waals surface area contributed by atoms with E-state index in [0.29, 0.717) is 38.2 Å². The van der Waals surface area contributed by atoms with Crippen LogP contribution in [0.15, 0.2) is 54.7 Å². The number of carbonyl (C=O) groups is 3. The number of ketones is 1. The van der Waals surface area contributed by atoms with Gasteiger partial charge in [0.1, 0.15) is 5.82 Å². The number of amides is 2. The molecule has 2 aliphatic rings. The smallest absolute Gasteiger partial charge is 0.294 e. The van der Waals surface area contributed by atoms with E-state index in [2.05, 4.69) is 9.88 Å². The number of likely N-dealkylation sites (tertiary alicyclic amines) is 1. The third-order valence-corrected chi connectivity index (χ3v) is 6.41. The lowest BCUT2D eigenvalue weighted by molar-refractivity contribution is -0.132. The van der Waals surface area contributed by atoms with Crippen LogP contribution in [0.4, 0.5) is 5.82 Å². The Kier molecular flexibility index (Phi) is 7.14. The summed E-state index contributed by atoms with van der Waals surface area (Å²) >= 11 is 0. The van der Waals surface area contributed by atoms with Crippen LogP contribution in [-0.4, -0.2) is 71.6 Å². The third kappa shape index (κ3) is 5.33. The quantitative estimate of drug-likeness (QED) is 0.516. The van der Waals surface area contributed by atoms with Crippen molar-refractivity contribution in [3.63, 3.8) is 0 Å². The van der Waals surface area contributed by atoms with Crippen LogP contribution in [0, 0.1) is 5.92 Å². The molecule has 2 amide bonds. The Morgan fingerprint density at radius 3 is 2.34 bits per heavy atom. The number of piperazine rings is 1. The molecule has 32 heavy (non-hydrogen) atoms. The molecular formula is C25H30N4O3. The Morgan fingerprint density at radius 1 is 0.875 bits per heavy atom. The van der Waals surface area contributed by atoms with Crippen molar-refractivity contribution in [2.45, 2.75) is 25.7 Å². The highest BCUT2D eigenvalue weighted by Crippen LogP contribution is 2.23. The number of nitrogens with zero attached hydrogens (tertiary/aromatic N) is 4. The topological polar surface area (TPSA) is 73.8 Å². The number of piperidine rings is 1. The van der Waals surface area contributed by atoms with Gasteiger partial charge in [0.15, 0.2) is 0 Å². The second-order valence-electron chi connectivity index (χ2n) is 8.55. The zero-order valence-electron chi connectivity index (χ0n) is 18.4. The van der Waals surface area contributed by atoms with Gasteiger partial charge in [-0.1, -0.05) is 36.4 Å². The normalized spacial score (nSPS) is 19.0. The number of hydrogen-bond acceptors (Lipinski definition) is 5. The summed E-state index contributed by atoms with van der Waals surface area (Å²) in [5.41, 5.74) is 0.430. The summed E-state index contributed by atoms with van der Waals surface area (Å²) in [4.78, 5) is 48.1. The van der Waals surface area contributed by atoms with Crippen molar-refractivity contribution >= 4 is 23.4 Å². The predicted octanol–water partition coefficient (Wildman–Crippen LogP) is 2.63. The zero-order valence-corrected chi connectivity index (χ0v) is 18.4. The van der Waals surface area contributed by atoms with Gasteiger partial charge in [-0.3, -0.25) is 14.4 Å². The molecule has 2 aromatic rings. The predicted molar refractivity (Wildman–Crippen MR) is 122 cm³/mol. The maximum Gasteiger partial charge on any atom is 0.294 e. The van der Waals surface area contributed by atoms with Gasteiger partial charge in [0.05, 0.1) is 0 Å². The Morgan fingerprint density at radius 2 is 1.62 bits per heavy atom. The number of anilines is 1. The van der Waals surface area contributed by atoms with E-state index in [1.807, 2.05) is 29.2 Å². The lowest BCUT2D eigenvalue weighted by atomic mass is 9.92. The maximum atomic E-state index is 12.7. The zero-order chi connectivity index (χ0) is 22.3. The fourth-order valence-corrected chi connectivity index (χ4v) is 4.55. The Hall–Kier alpha value is -3.22. The highest BCUT2D eigenvalue weighted by Gasteiger charge is 2.29. The number of pyridine rings is 1. The molecule has 0 N–H and O–H groups in total. The fraction of sp³-hybridized carbons (Fsp3) is 0.440. The van der Waals surface area contributed by atoms with Crippen LogP contribution in [-0.2, 0) is 9.59 Å². The monoisotopic (exact) mass is 434 g/mol. The van der Waals surface area contributed by atoms with Crippen LogP contribution in [0.1, 0.15) is 36.0 Å². The molecule has 0 saturated carbocycles. The summed E-state index contributed by atoms with van der Waals surface area (Å²) in [5.74, 6) is 0.507. The van der Waals surface area contributed by atoms with Gasteiger partial charge in [0.2, 0.25) is 11.7 Å². The summed E-state index contributed by atoms with van der Waals surface area (Å²) in [6.07, 6.45) is 4.89. The maximum absolute atomic E-state index is 12.7. The number of aromatic nitrogens is 1. The highest BCUT2D eigenvalue weighted by atomic mass is 16.2. The van der Waals surface area contributed by atoms with E-state index in [1.165, 1.54) is 0 Å². The molecule has 2 saturated heterocycles. The van der Waals surface area contributed by atoms with Crippen molar-refractivity contribution in [1.29, 1.82) is 0 Å². The van der Waals surface area contributed by atoms with Crippen LogP contribution in [0.25, 0.3) is 0 Å². The van der Waals surface area contributed by atoms with Crippen LogP contribution in [0.5, 0.6) is 0 Å². The molecule has 2 aliphatic heterocycles. The molecule has 2 fully saturated rings. The van der Waals surface area contributed by atoms with Gasteiger partial charge in [-0.05, 0) is 37.3 Å². The van der Waals surface area contributed by atoms with E-state index < -0.39 is 11.7 Å². The Labute approximate surface area is 189 Å². The van der Waals surface area contributed by atoms with Crippen molar-refractivity contribution < 1.29 is 14.4 Å². The Bertz CT molecular complexity index is 927. The van der Waals surface area contributed by atoms with Gasteiger partial charge < -0.3 is 14.7 Å². The standard InChI is InChI=1S/C25H30N4O3/c30-23(28-17-15-27(16-18-28)22-10-4-5-13-26-22)12-11-20-7-6-14-29(19-20)25(32)24(31)21-8-2-1-3-9-21/h1-5,8-10,13,20H,6-7,11-12,14-19H2/t20-/m0/s1. The molecule has 7 nitrogen and oxygen atoms in total. The first kappa shape index (κ1) is 22.0. The lowest BCUT2D eigenvalue weighted by Gasteiger charge is -2.36. The van der Waals surface area contributed by atoms with Crippen LogP contribution >= 0.6 is 0 Å². The minimum atomic E-state index is -0.451. The molecule has 0 unspecified atom stereocenters. The number of rotatable bonds is 6. The minimum Gasteiger partial charge on any atom is -0.353 e. The molecule has 0 radical (unpaired) electrons. The van der Waals surface area contributed by atoms with E-state index >= 15 is 0 Å². The van der Waals surface area contributed by atoms with Gasteiger partial charge in [0, 0.05) is 57.4 Å². The molecule has 1 atom stereocenters. The summed E-state index contributed by atoms with van der Waals surface area (Å²) in [5, 5.41) is 0. The van der Waals surface area contributed by atoms with Crippen LogP contribution in [0.2, 0.25) is 0 Å². The van der Waals surface area contributed by atoms with E-state index in [9.17, 15) is 14.4 Å². The van der Waals surface area contributed by atoms with E-state index in [-0.39, 0.29) is 11.8 Å². The molecular weight excluding hydrogens is 404 g/mol. The van der Waals surface area contributed by atoms with Crippen molar-refractivity contribution in [1.82, 2.24) is 14.8 Å². The van der Waals surface area contributed by atoms with Gasteiger partial charge in [-0.25, -0.2) is 4.98 Å². The summed E-state index contributed by atoms with van der Waals surface area (Å²) < 4.78 is 0. The van der Waals surface area contributed by atoms with Gasteiger partial charge >= 0.3 is 0 Å². The lowest BCUT2D eigenvalue weighted by Crippen LogP contribution is -2.49. The highest BCUT2D eigenvalue weighted by molar-refractivity contribution is 6.42. The fourth-order valence-electron chi connectivity index (χ4n) is 4.55. The van der Waals surface area contributed by atoms with E-state index in [0.717, 1.165) is 38.2 Å². The molecule has 4 rings (SSSR count).